The number of alkyl halides is 3. The van der Waals surface area contributed by atoms with Crippen LogP contribution in [-0.2, 0) is 25.7 Å². The molecule has 14 nitrogen and oxygen atoms in total. The fraction of sp³-hybridized carbons (Fsp3) is 0.435. The van der Waals surface area contributed by atoms with Crippen LogP contribution >= 0.6 is 11.6 Å². The van der Waals surface area contributed by atoms with Gasteiger partial charge < -0.3 is 19.8 Å². The third kappa shape index (κ3) is 10.3. The number of carbonyl (C=O) groups excluding carboxylic acids is 1. The molecule has 0 radical (unpaired) electrons. The molecule has 2 saturated heterocycles. The van der Waals surface area contributed by atoms with E-state index in [0.717, 1.165) is 47.9 Å². The first-order valence-electron chi connectivity index (χ1n) is 21.6. The van der Waals surface area contributed by atoms with Crippen LogP contribution in [0.25, 0.3) is 16.6 Å². The van der Waals surface area contributed by atoms with Crippen LogP contribution in [0.15, 0.2) is 95.7 Å². The zero-order chi connectivity index (χ0) is 46.1. The second-order valence-corrected chi connectivity index (χ2v) is 20.0. The van der Waals surface area contributed by atoms with E-state index in [0.29, 0.717) is 82.3 Å². The predicted octanol–water partition coefficient (Wildman–Crippen LogP) is 8.59. The van der Waals surface area contributed by atoms with Gasteiger partial charge in [-0.25, -0.2) is 18.1 Å². The number of nitro groups is 1. The Hall–Kier alpha value is -5.27. The van der Waals surface area contributed by atoms with Gasteiger partial charge in [-0.3, -0.25) is 24.7 Å². The Morgan fingerprint density at radius 1 is 1.08 bits per heavy atom. The number of benzene rings is 2. The van der Waals surface area contributed by atoms with Crippen molar-refractivity contribution < 1.29 is 40.8 Å². The maximum absolute atomic E-state index is 14.5. The molecule has 3 N–H and O–H groups in total. The van der Waals surface area contributed by atoms with Crippen molar-refractivity contribution in [1.82, 2.24) is 24.5 Å². The summed E-state index contributed by atoms with van der Waals surface area (Å²) in [6, 6.07) is 11.2. The van der Waals surface area contributed by atoms with Crippen LogP contribution in [0.3, 0.4) is 0 Å². The van der Waals surface area contributed by atoms with Crippen LogP contribution < -0.4 is 14.8 Å². The molecule has 2 aliphatic carbocycles. The summed E-state index contributed by atoms with van der Waals surface area (Å²) < 4.78 is 84.2. The van der Waals surface area contributed by atoms with E-state index in [-0.39, 0.29) is 22.0 Å². The summed E-state index contributed by atoms with van der Waals surface area (Å²) in [6.07, 6.45) is 9.04. The number of halogens is 4. The molecule has 346 valence electrons. The molecule has 2 fully saturated rings. The Labute approximate surface area is 380 Å². The van der Waals surface area contributed by atoms with Gasteiger partial charge >= 0.3 is 6.18 Å². The summed E-state index contributed by atoms with van der Waals surface area (Å²) in [5.41, 5.74) is 0.200. The van der Waals surface area contributed by atoms with Gasteiger partial charge in [-0.1, -0.05) is 55.3 Å². The van der Waals surface area contributed by atoms with Gasteiger partial charge in [0.2, 0.25) is 5.91 Å². The maximum Gasteiger partial charge on any atom is 0.417 e. The average Bonchev–Trinajstić information content (AvgIpc) is 3.74. The molecule has 4 aromatic rings. The highest BCUT2D eigenvalue weighted by Crippen LogP contribution is 2.45. The lowest BCUT2D eigenvalue weighted by Gasteiger charge is -2.49. The van der Waals surface area contributed by atoms with Crippen molar-refractivity contribution in [2.24, 2.45) is 17.3 Å². The Bertz CT molecular complexity index is 2660. The second kappa shape index (κ2) is 18.5. The molecule has 4 heterocycles. The van der Waals surface area contributed by atoms with Gasteiger partial charge in [-0.15, -0.1) is 0 Å². The lowest BCUT2D eigenvalue weighted by atomic mass is 9.72. The number of H-pyrrole nitrogens is 1. The fourth-order valence-corrected chi connectivity index (χ4v) is 10.5. The summed E-state index contributed by atoms with van der Waals surface area (Å²) in [4.78, 5) is 37.3. The van der Waals surface area contributed by atoms with Crippen LogP contribution in [-0.4, -0.2) is 97.2 Å². The number of sulfonamides is 1. The van der Waals surface area contributed by atoms with Crippen molar-refractivity contribution >= 4 is 55.5 Å². The highest BCUT2D eigenvalue weighted by molar-refractivity contribution is 7.90. The number of aromatic nitrogens is 2. The lowest BCUT2D eigenvalue weighted by Crippen LogP contribution is -2.65. The SMILES string of the molecule is CC1(C)CCC(CN2CCN(C3(Oc4cnc5[nH]ccc5c4)C=CC=CC3C(=O)NS(=O)(=O)c3ccc(NCC4CCOCC4)c([N+](=O)[O-])c3)CC2)=C(c2ccc(Cl)c(C(F)(F)F)c2)C1. The van der Waals surface area contributed by atoms with E-state index in [1.165, 1.54) is 24.4 Å². The number of anilines is 1. The van der Waals surface area contributed by atoms with Crippen molar-refractivity contribution in [3.8, 4) is 5.75 Å². The number of allylic oxidation sites excluding steroid dienone is 3. The Balaban J connectivity index is 1.05. The minimum atomic E-state index is -4.65. The highest BCUT2D eigenvalue weighted by atomic mass is 35.5. The molecular formula is C46H51ClF3N7O7S. The highest BCUT2D eigenvalue weighted by Gasteiger charge is 2.50. The van der Waals surface area contributed by atoms with E-state index >= 15 is 0 Å². The molecule has 2 aliphatic heterocycles. The number of nitrogens with one attached hydrogen (secondary N) is 3. The second-order valence-electron chi connectivity index (χ2n) is 17.9. The van der Waals surface area contributed by atoms with Gasteiger partial charge in [0.25, 0.3) is 15.7 Å². The molecule has 0 saturated carbocycles. The Kier molecular flexibility index (Phi) is 13.2. The summed E-state index contributed by atoms with van der Waals surface area (Å²) in [5, 5.41) is 15.7. The molecule has 1 amide bonds. The zero-order valence-corrected chi connectivity index (χ0v) is 37.6. The van der Waals surface area contributed by atoms with E-state index in [9.17, 15) is 36.5 Å². The van der Waals surface area contributed by atoms with E-state index < -0.39 is 54.8 Å². The largest absolute Gasteiger partial charge is 0.466 e. The standard InChI is InChI=1S/C46H51ClF3N7O7S/c1-44(2)15-10-33(36(26-44)31-6-8-39(47)38(24-31)46(48,49)50)29-55-17-19-56(20-18-55)45(64-34-23-32-11-16-51-42(32)53-28-34)14-4-3-5-37(45)43(58)54-65(61,62)35-7-9-40(41(25-35)57(59)60)52-27-30-12-21-63-22-13-30/h3-9,11,14,16,23-25,28,30,37,52H,10,12-13,15,17-22,26-27,29H2,1-2H3,(H,51,53)(H,54,58). The normalized spacial score (nSPS) is 22.3. The van der Waals surface area contributed by atoms with Gasteiger partial charge in [0.05, 0.1) is 26.6 Å². The van der Waals surface area contributed by atoms with Gasteiger partial charge in [-0.2, -0.15) is 13.2 Å². The van der Waals surface area contributed by atoms with Crippen molar-refractivity contribution in [2.45, 2.75) is 62.7 Å². The van der Waals surface area contributed by atoms with Crippen LogP contribution in [0, 0.1) is 27.4 Å². The smallest absolute Gasteiger partial charge is 0.417 e. The lowest BCUT2D eigenvalue weighted by molar-refractivity contribution is -0.384. The number of rotatable bonds is 13. The van der Waals surface area contributed by atoms with E-state index in [1.807, 2.05) is 11.0 Å². The quantitative estimate of drug-likeness (QED) is 0.0866. The Morgan fingerprint density at radius 2 is 1.85 bits per heavy atom. The molecule has 4 aliphatic rings. The van der Waals surface area contributed by atoms with Crippen LogP contribution in [0.2, 0.25) is 5.02 Å². The van der Waals surface area contributed by atoms with Crippen molar-refractivity contribution in [2.75, 3.05) is 57.8 Å². The van der Waals surface area contributed by atoms with Gasteiger partial charge in [0, 0.05) is 70.1 Å². The molecule has 2 atom stereocenters. The number of hydrogen-bond acceptors (Lipinski definition) is 11. The fourth-order valence-electron chi connectivity index (χ4n) is 9.22. The van der Waals surface area contributed by atoms with Crippen molar-refractivity contribution in [1.29, 1.82) is 0 Å². The van der Waals surface area contributed by atoms with Crippen LogP contribution in [0.1, 0.15) is 57.1 Å². The van der Waals surface area contributed by atoms with E-state index in [2.05, 4.69) is 38.8 Å². The van der Waals surface area contributed by atoms with Crippen molar-refractivity contribution in [3.05, 3.63) is 117 Å². The number of pyridine rings is 1. The summed E-state index contributed by atoms with van der Waals surface area (Å²) in [7, 11) is -4.65. The number of nitrogens with zero attached hydrogens (tertiary/aromatic N) is 4. The topological polar surface area (TPSA) is 172 Å². The first-order valence-corrected chi connectivity index (χ1v) is 23.5. The minimum absolute atomic E-state index is 0.124. The number of piperazine rings is 1. The number of carbonyl (C=O) groups is 1. The third-order valence-corrected chi connectivity index (χ3v) is 14.5. The number of nitro benzene ring substituents is 1. The average molecular weight is 938 g/mol. The molecular weight excluding hydrogens is 887 g/mol. The number of hydrogen-bond donors (Lipinski definition) is 3. The van der Waals surface area contributed by atoms with Gasteiger partial charge in [-0.05, 0) is 97.0 Å². The molecule has 0 spiro atoms. The van der Waals surface area contributed by atoms with E-state index in [4.69, 9.17) is 21.1 Å². The van der Waals surface area contributed by atoms with Crippen LogP contribution in [0.4, 0.5) is 24.5 Å². The first kappa shape index (κ1) is 46.3. The van der Waals surface area contributed by atoms with Crippen molar-refractivity contribution in [3.63, 3.8) is 0 Å². The number of amides is 1. The molecule has 0 bridgehead atoms. The number of ether oxygens (including phenoxy) is 2. The molecule has 2 unspecified atom stereocenters. The predicted molar refractivity (Wildman–Crippen MR) is 241 cm³/mol. The van der Waals surface area contributed by atoms with Crippen LogP contribution in [0.5, 0.6) is 5.75 Å². The maximum atomic E-state index is 14.5. The third-order valence-electron chi connectivity index (χ3n) is 12.9. The minimum Gasteiger partial charge on any atom is -0.466 e. The van der Waals surface area contributed by atoms with Gasteiger partial charge in [0.15, 0.2) is 5.72 Å². The monoisotopic (exact) mass is 937 g/mol. The zero-order valence-electron chi connectivity index (χ0n) is 36.0. The molecule has 2 aromatic carbocycles. The summed E-state index contributed by atoms with van der Waals surface area (Å²) >= 11 is 6.01. The summed E-state index contributed by atoms with van der Waals surface area (Å²) in [5.74, 6) is -1.61. The molecule has 2 aromatic heterocycles. The van der Waals surface area contributed by atoms with Gasteiger partial charge in [0.1, 0.15) is 23.0 Å². The van der Waals surface area contributed by atoms with E-state index in [1.54, 1.807) is 42.6 Å². The number of aromatic amines is 1. The molecule has 65 heavy (non-hydrogen) atoms. The Morgan fingerprint density at radius 3 is 2.58 bits per heavy atom. The molecule has 8 rings (SSSR count). The first-order chi connectivity index (χ1) is 30.9. The molecule has 19 heteroatoms. The summed E-state index contributed by atoms with van der Waals surface area (Å²) in [6.45, 7) is 8.07. The number of fused-ring (bicyclic) bond motifs is 1.